The highest BCUT2D eigenvalue weighted by molar-refractivity contribution is 5.74. The number of aliphatic carboxylic acids is 2. The Morgan fingerprint density at radius 1 is 1.21 bits per heavy atom. The molecule has 0 aliphatic carbocycles. The van der Waals surface area contributed by atoms with Crippen LogP contribution in [0.5, 0.6) is 0 Å². The van der Waals surface area contributed by atoms with Crippen LogP contribution in [0.15, 0.2) is 0 Å². The summed E-state index contributed by atoms with van der Waals surface area (Å²) >= 11 is 0. The summed E-state index contributed by atoms with van der Waals surface area (Å²) in [6, 6.07) is 0. The molecule has 2 N–H and O–H groups in total. The SMILES string of the molecule is CCC(C)(CCCCC(=O)O)C(=O)O. The highest BCUT2D eigenvalue weighted by atomic mass is 16.4. The molecule has 0 saturated heterocycles. The summed E-state index contributed by atoms with van der Waals surface area (Å²) in [6.07, 6.45) is 2.46. The van der Waals surface area contributed by atoms with Gasteiger partial charge in [0.05, 0.1) is 5.41 Å². The summed E-state index contributed by atoms with van der Waals surface area (Å²) in [5, 5.41) is 17.3. The van der Waals surface area contributed by atoms with Gasteiger partial charge in [0.2, 0.25) is 0 Å². The Kier molecular flexibility index (Phi) is 5.20. The quantitative estimate of drug-likeness (QED) is 0.620. The maximum absolute atomic E-state index is 10.9. The van der Waals surface area contributed by atoms with E-state index >= 15 is 0 Å². The van der Waals surface area contributed by atoms with Gasteiger partial charge in [-0.1, -0.05) is 13.3 Å². The fourth-order valence-electron chi connectivity index (χ4n) is 1.23. The van der Waals surface area contributed by atoms with Crippen molar-refractivity contribution in [1.82, 2.24) is 0 Å². The number of rotatable bonds is 7. The van der Waals surface area contributed by atoms with Gasteiger partial charge in [0.15, 0.2) is 0 Å². The topological polar surface area (TPSA) is 74.6 Å². The monoisotopic (exact) mass is 202 g/mol. The molecule has 0 aliphatic heterocycles. The van der Waals surface area contributed by atoms with Crippen LogP contribution >= 0.6 is 0 Å². The lowest BCUT2D eigenvalue weighted by Gasteiger charge is -2.22. The fraction of sp³-hybridized carbons (Fsp3) is 0.800. The molecule has 0 aromatic heterocycles. The summed E-state index contributed by atoms with van der Waals surface area (Å²) in [6.45, 7) is 3.54. The molecule has 1 unspecified atom stereocenters. The van der Waals surface area contributed by atoms with Crippen molar-refractivity contribution >= 4 is 11.9 Å². The maximum atomic E-state index is 10.9. The average Bonchev–Trinajstić information content (AvgIpc) is 2.11. The molecule has 0 fully saturated rings. The predicted molar refractivity (Wildman–Crippen MR) is 52.1 cm³/mol. The van der Waals surface area contributed by atoms with Crippen molar-refractivity contribution in [1.29, 1.82) is 0 Å². The van der Waals surface area contributed by atoms with E-state index in [-0.39, 0.29) is 6.42 Å². The van der Waals surface area contributed by atoms with E-state index in [0.717, 1.165) is 0 Å². The van der Waals surface area contributed by atoms with Crippen LogP contribution in [-0.4, -0.2) is 22.2 Å². The smallest absolute Gasteiger partial charge is 0.309 e. The Labute approximate surface area is 83.9 Å². The first-order chi connectivity index (χ1) is 6.42. The van der Waals surface area contributed by atoms with Gasteiger partial charge in [0.1, 0.15) is 0 Å². The van der Waals surface area contributed by atoms with Crippen LogP contribution in [0.4, 0.5) is 0 Å². The number of carboxylic acids is 2. The lowest BCUT2D eigenvalue weighted by molar-refractivity contribution is -0.148. The first kappa shape index (κ1) is 12.9. The lowest BCUT2D eigenvalue weighted by atomic mass is 9.82. The standard InChI is InChI=1S/C10H18O4/c1-3-10(2,9(13)14)7-5-4-6-8(11)12/h3-7H2,1-2H3,(H,11,12)(H,13,14). The van der Waals surface area contributed by atoms with E-state index in [1.165, 1.54) is 0 Å². The van der Waals surface area contributed by atoms with Crippen LogP contribution in [0.2, 0.25) is 0 Å². The largest absolute Gasteiger partial charge is 0.481 e. The lowest BCUT2D eigenvalue weighted by Crippen LogP contribution is -2.26. The molecule has 4 heteroatoms. The minimum Gasteiger partial charge on any atom is -0.481 e. The normalized spacial score (nSPS) is 14.7. The molecule has 4 nitrogen and oxygen atoms in total. The minimum atomic E-state index is -0.821. The Morgan fingerprint density at radius 2 is 1.79 bits per heavy atom. The second-order valence-corrected chi connectivity index (χ2v) is 3.82. The number of carboxylic acid groups (broad SMARTS) is 2. The van der Waals surface area contributed by atoms with E-state index in [0.29, 0.717) is 25.7 Å². The maximum Gasteiger partial charge on any atom is 0.309 e. The number of hydrogen-bond acceptors (Lipinski definition) is 2. The molecule has 0 heterocycles. The van der Waals surface area contributed by atoms with Crippen LogP contribution < -0.4 is 0 Å². The molecule has 0 amide bonds. The van der Waals surface area contributed by atoms with Crippen LogP contribution in [-0.2, 0) is 9.59 Å². The average molecular weight is 202 g/mol. The second kappa shape index (κ2) is 5.62. The summed E-state index contributed by atoms with van der Waals surface area (Å²) in [5.74, 6) is -1.62. The van der Waals surface area contributed by atoms with Gasteiger partial charge in [-0.2, -0.15) is 0 Å². The third-order valence-corrected chi connectivity index (χ3v) is 2.67. The van der Waals surface area contributed by atoms with E-state index in [9.17, 15) is 9.59 Å². The van der Waals surface area contributed by atoms with Crippen LogP contribution in [0.25, 0.3) is 0 Å². The first-order valence-corrected chi connectivity index (χ1v) is 4.87. The van der Waals surface area contributed by atoms with E-state index in [1.807, 2.05) is 6.92 Å². The molecular weight excluding hydrogens is 184 g/mol. The van der Waals surface area contributed by atoms with E-state index in [1.54, 1.807) is 6.92 Å². The van der Waals surface area contributed by atoms with Gasteiger partial charge in [-0.25, -0.2) is 0 Å². The molecule has 0 rings (SSSR count). The second-order valence-electron chi connectivity index (χ2n) is 3.82. The summed E-state index contributed by atoms with van der Waals surface area (Å²) < 4.78 is 0. The Bertz CT molecular complexity index is 212. The molecule has 0 saturated carbocycles. The summed E-state index contributed by atoms with van der Waals surface area (Å²) in [7, 11) is 0. The third kappa shape index (κ3) is 4.25. The van der Waals surface area contributed by atoms with Gasteiger partial charge in [-0.05, 0) is 26.2 Å². The van der Waals surface area contributed by atoms with Crippen LogP contribution in [0.1, 0.15) is 46.0 Å². The minimum absolute atomic E-state index is 0.124. The zero-order valence-corrected chi connectivity index (χ0v) is 8.75. The Balaban J connectivity index is 3.85. The molecular formula is C10H18O4. The van der Waals surface area contributed by atoms with Gasteiger partial charge >= 0.3 is 11.9 Å². The van der Waals surface area contributed by atoms with Gasteiger partial charge in [0, 0.05) is 6.42 Å². The van der Waals surface area contributed by atoms with E-state index in [4.69, 9.17) is 10.2 Å². The van der Waals surface area contributed by atoms with Crippen LogP contribution in [0.3, 0.4) is 0 Å². The van der Waals surface area contributed by atoms with Crippen molar-refractivity contribution in [2.75, 3.05) is 0 Å². The van der Waals surface area contributed by atoms with Crippen molar-refractivity contribution in [3.8, 4) is 0 Å². The predicted octanol–water partition coefficient (Wildman–Crippen LogP) is 2.13. The molecule has 1 atom stereocenters. The molecule has 0 bridgehead atoms. The first-order valence-electron chi connectivity index (χ1n) is 4.87. The molecule has 0 spiro atoms. The van der Waals surface area contributed by atoms with Crippen molar-refractivity contribution < 1.29 is 19.8 Å². The number of hydrogen-bond donors (Lipinski definition) is 2. The number of carbonyl (C=O) groups is 2. The molecule has 0 aromatic carbocycles. The van der Waals surface area contributed by atoms with Crippen molar-refractivity contribution in [2.24, 2.45) is 5.41 Å². The highest BCUT2D eigenvalue weighted by Crippen LogP contribution is 2.28. The van der Waals surface area contributed by atoms with Crippen molar-refractivity contribution in [2.45, 2.75) is 46.0 Å². The molecule has 0 aromatic rings. The Hall–Kier alpha value is -1.06. The van der Waals surface area contributed by atoms with E-state index < -0.39 is 17.4 Å². The molecule has 82 valence electrons. The fourth-order valence-corrected chi connectivity index (χ4v) is 1.23. The molecule has 14 heavy (non-hydrogen) atoms. The summed E-state index contributed by atoms with van der Waals surface area (Å²) in [5.41, 5.74) is -0.696. The zero-order chi connectivity index (χ0) is 11.2. The zero-order valence-electron chi connectivity index (χ0n) is 8.75. The Morgan fingerprint density at radius 3 is 2.14 bits per heavy atom. The van der Waals surface area contributed by atoms with Crippen LogP contribution in [0, 0.1) is 5.41 Å². The van der Waals surface area contributed by atoms with Gasteiger partial charge in [-0.15, -0.1) is 0 Å². The molecule has 0 aliphatic rings. The third-order valence-electron chi connectivity index (χ3n) is 2.67. The van der Waals surface area contributed by atoms with Gasteiger partial charge < -0.3 is 10.2 Å². The van der Waals surface area contributed by atoms with Gasteiger partial charge in [-0.3, -0.25) is 9.59 Å². The van der Waals surface area contributed by atoms with E-state index in [2.05, 4.69) is 0 Å². The highest BCUT2D eigenvalue weighted by Gasteiger charge is 2.29. The summed E-state index contributed by atoms with van der Waals surface area (Å²) in [4.78, 5) is 21.1. The van der Waals surface area contributed by atoms with Crippen molar-refractivity contribution in [3.63, 3.8) is 0 Å². The van der Waals surface area contributed by atoms with Crippen molar-refractivity contribution in [3.05, 3.63) is 0 Å². The van der Waals surface area contributed by atoms with Gasteiger partial charge in [0.25, 0.3) is 0 Å². The number of unbranched alkanes of at least 4 members (excludes halogenated alkanes) is 1. The molecule has 0 radical (unpaired) electrons.